The fraction of sp³-hybridized carbons (Fsp3) is 0.571. The minimum absolute atomic E-state index is 0.738. The first-order valence-electron chi connectivity index (χ1n) is 5.66. The lowest BCUT2D eigenvalue weighted by Gasteiger charge is -2.18. The minimum atomic E-state index is 0.738. The molecule has 0 aliphatic heterocycles. The molecule has 1 unspecified atom stereocenters. The topological polar surface area (TPSA) is 0 Å². The van der Waals surface area contributed by atoms with E-state index < -0.39 is 0 Å². The summed E-state index contributed by atoms with van der Waals surface area (Å²) < 4.78 is 0. The molecule has 0 heteroatoms. The maximum absolute atomic E-state index is 3.86. The molecular weight excluding hydrogens is 168 g/mol. The first-order chi connectivity index (χ1) is 6.72. The minimum Gasteiger partial charge on any atom is -0.103 e. The van der Waals surface area contributed by atoms with Crippen molar-refractivity contribution in [2.45, 2.75) is 46.0 Å². The van der Waals surface area contributed by atoms with Crippen LogP contribution in [0.4, 0.5) is 0 Å². The van der Waals surface area contributed by atoms with Gasteiger partial charge in [-0.2, -0.15) is 0 Å². The van der Waals surface area contributed by atoms with Gasteiger partial charge in [-0.3, -0.25) is 0 Å². The van der Waals surface area contributed by atoms with Gasteiger partial charge in [0.1, 0.15) is 0 Å². The van der Waals surface area contributed by atoms with Gasteiger partial charge in [-0.1, -0.05) is 29.4 Å². The Morgan fingerprint density at radius 3 is 2.86 bits per heavy atom. The maximum Gasteiger partial charge on any atom is -0.0198 e. The van der Waals surface area contributed by atoms with Gasteiger partial charge in [0.25, 0.3) is 0 Å². The molecule has 78 valence electrons. The van der Waals surface area contributed by atoms with Crippen molar-refractivity contribution in [3.63, 3.8) is 0 Å². The van der Waals surface area contributed by atoms with Crippen LogP contribution in [0.1, 0.15) is 46.0 Å². The molecule has 0 aromatic carbocycles. The van der Waals surface area contributed by atoms with E-state index in [1.807, 2.05) is 0 Å². The van der Waals surface area contributed by atoms with E-state index in [0.29, 0.717) is 0 Å². The highest BCUT2D eigenvalue weighted by atomic mass is 14.2. The third kappa shape index (κ3) is 3.95. The first kappa shape index (κ1) is 11.3. The lowest BCUT2D eigenvalue weighted by Crippen LogP contribution is -2.02. The number of hydrogen-bond acceptors (Lipinski definition) is 0. The Hall–Kier alpha value is -0.780. The van der Waals surface area contributed by atoms with E-state index >= 15 is 0 Å². The van der Waals surface area contributed by atoms with E-state index in [4.69, 9.17) is 0 Å². The van der Waals surface area contributed by atoms with Crippen molar-refractivity contribution < 1.29 is 0 Å². The smallest absolute Gasteiger partial charge is 0.0198 e. The summed E-state index contributed by atoms with van der Waals surface area (Å²) in [5.74, 6) is 0.738. The van der Waals surface area contributed by atoms with Gasteiger partial charge in [-0.15, -0.1) is 6.58 Å². The van der Waals surface area contributed by atoms with Crippen molar-refractivity contribution in [1.29, 1.82) is 0 Å². The van der Waals surface area contributed by atoms with Crippen LogP contribution in [0, 0.1) is 5.92 Å². The van der Waals surface area contributed by atoms with Crippen molar-refractivity contribution >= 4 is 0 Å². The van der Waals surface area contributed by atoms with Crippen molar-refractivity contribution in [2.24, 2.45) is 5.92 Å². The molecule has 0 saturated carbocycles. The van der Waals surface area contributed by atoms with Crippen molar-refractivity contribution in [1.82, 2.24) is 0 Å². The Morgan fingerprint density at radius 2 is 2.36 bits per heavy atom. The molecule has 0 radical (unpaired) electrons. The largest absolute Gasteiger partial charge is 0.103 e. The van der Waals surface area contributed by atoms with Crippen LogP contribution >= 0.6 is 0 Å². The molecule has 0 fully saturated rings. The maximum atomic E-state index is 3.86. The standard InChI is InChI=1S/C14H22/c1-4-13-8-10-14(11-9-13)7-5-6-12(2)3/h4,6,10,13H,1,5,7-9,11H2,2-3H3. The molecule has 14 heavy (non-hydrogen) atoms. The molecule has 0 aromatic heterocycles. The molecule has 1 rings (SSSR count). The summed E-state index contributed by atoms with van der Waals surface area (Å²) in [5, 5.41) is 0. The first-order valence-corrected chi connectivity index (χ1v) is 5.66. The zero-order chi connectivity index (χ0) is 10.4. The van der Waals surface area contributed by atoms with Crippen molar-refractivity contribution in [3.05, 3.63) is 36.0 Å². The highest BCUT2D eigenvalue weighted by molar-refractivity contribution is 5.10. The van der Waals surface area contributed by atoms with Crippen LogP contribution in [0.3, 0.4) is 0 Å². The average molecular weight is 190 g/mol. The summed E-state index contributed by atoms with van der Waals surface area (Å²) in [7, 11) is 0. The zero-order valence-corrected chi connectivity index (χ0v) is 9.55. The molecule has 0 heterocycles. The highest BCUT2D eigenvalue weighted by Gasteiger charge is 2.10. The summed E-state index contributed by atoms with van der Waals surface area (Å²) in [6.45, 7) is 8.20. The summed E-state index contributed by atoms with van der Waals surface area (Å²) in [6.07, 6.45) is 13.1. The molecule has 0 spiro atoms. The molecule has 0 aromatic rings. The molecule has 1 atom stereocenters. The van der Waals surface area contributed by atoms with E-state index in [9.17, 15) is 0 Å². The Kier molecular flexibility index (Phi) is 4.72. The summed E-state index contributed by atoms with van der Waals surface area (Å²) in [4.78, 5) is 0. The second-order valence-electron chi connectivity index (χ2n) is 4.45. The lowest BCUT2D eigenvalue weighted by molar-refractivity contribution is 0.557. The second-order valence-corrected chi connectivity index (χ2v) is 4.45. The van der Waals surface area contributed by atoms with Gasteiger partial charge in [-0.05, 0) is 51.9 Å². The second kappa shape index (κ2) is 5.85. The summed E-state index contributed by atoms with van der Waals surface area (Å²) >= 11 is 0. The van der Waals surface area contributed by atoms with Gasteiger partial charge in [0.15, 0.2) is 0 Å². The van der Waals surface area contributed by atoms with Gasteiger partial charge in [0.2, 0.25) is 0 Å². The fourth-order valence-corrected chi connectivity index (χ4v) is 1.90. The predicted molar refractivity (Wildman–Crippen MR) is 64.3 cm³/mol. The Morgan fingerprint density at radius 1 is 1.57 bits per heavy atom. The van der Waals surface area contributed by atoms with Crippen molar-refractivity contribution in [2.75, 3.05) is 0 Å². The molecule has 0 N–H and O–H groups in total. The van der Waals surface area contributed by atoms with Crippen LogP contribution < -0.4 is 0 Å². The summed E-state index contributed by atoms with van der Waals surface area (Å²) in [6, 6.07) is 0. The van der Waals surface area contributed by atoms with Crippen LogP contribution in [0.25, 0.3) is 0 Å². The number of rotatable bonds is 4. The van der Waals surface area contributed by atoms with Gasteiger partial charge in [-0.25, -0.2) is 0 Å². The molecule has 0 saturated heterocycles. The Bertz CT molecular complexity index is 239. The highest BCUT2D eigenvalue weighted by Crippen LogP contribution is 2.26. The lowest BCUT2D eigenvalue weighted by atomic mass is 9.88. The SMILES string of the molecule is C=CC1CC=C(CCC=C(C)C)CC1. The van der Waals surface area contributed by atoms with Crippen LogP contribution in [-0.4, -0.2) is 0 Å². The van der Waals surface area contributed by atoms with Crippen LogP contribution in [0.15, 0.2) is 36.0 Å². The number of allylic oxidation sites excluding steroid dienone is 5. The third-order valence-corrected chi connectivity index (χ3v) is 2.90. The van der Waals surface area contributed by atoms with Gasteiger partial charge in [0.05, 0.1) is 0 Å². The van der Waals surface area contributed by atoms with Gasteiger partial charge < -0.3 is 0 Å². The zero-order valence-electron chi connectivity index (χ0n) is 9.55. The van der Waals surface area contributed by atoms with Crippen LogP contribution in [0.5, 0.6) is 0 Å². The monoisotopic (exact) mass is 190 g/mol. The average Bonchev–Trinajstić information content (AvgIpc) is 2.18. The normalized spacial score (nSPS) is 21.3. The van der Waals surface area contributed by atoms with E-state index in [1.165, 1.54) is 37.7 Å². The molecule has 1 aliphatic carbocycles. The molecule has 0 amide bonds. The van der Waals surface area contributed by atoms with Crippen molar-refractivity contribution in [3.8, 4) is 0 Å². The van der Waals surface area contributed by atoms with E-state index in [-0.39, 0.29) is 0 Å². The molecule has 1 aliphatic rings. The summed E-state index contributed by atoms with van der Waals surface area (Å²) in [5.41, 5.74) is 3.09. The number of hydrogen-bond donors (Lipinski definition) is 0. The van der Waals surface area contributed by atoms with E-state index in [0.717, 1.165) is 5.92 Å². The molecular formula is C14H22. The third-order valence-electron chi connectivity index (χ3n) is 2.90. The van der Waals surface area contributed by atoms with E-state index in [2.05, 4.69) is 38.7 Å². The fourth-order valence-electron chi connectivity index (χ4n) is 1.90. The Balaban J connectivity index is 2.30. The van der Waals surface area contributed by atoms with Gasteiger partial charge >= 0.3 is 0 Å². The molecule has 0 bridgehead atoms. The predicted octanol–water partition coefficient (Wildman–Crippen LogP) is 4.65. The van der Waals surface area contributed by atoms with Crippen LogP contribution in [-0.2, 0) is 0 Å². The quantitative estimate of drug-likeness (QED) is 0.566. The van der Waals surface area contributed by atoms with E-state index in [1.54, 1.807) is 5.57 Å². The van der Waals surface area contributed by atoms with Gasteiger partial charge in [0, 0.05) is 0 Å². The Labute approximate surface area is 88.4 Å². The molecule has 0 nitrogen and oxygen atoms in total. The van der Waals surface area contributed by atoms with Crippen LogP contribution in [0.2, 0.25) is 0 Å².